The number of nitrogens with two attached hydrogens (primary N) is 1. The van der Waals surface area contributed by atoms with E-state index in [1.807, 2.05) is 9.80 Å². The fourth-order valence-corrected chi connectivity index (χ4v) is 5.89. The van der Waals surface area contributed by atoms with Crippen molar-refractivity contribution < 1.29 is 9.59 Å². The molecule has 4 rings (SSSR count). The lowest BCUT2D eigenvalue weighted by atomic mass is 9.84. The van der Waals surface area contributed by atoms with Crippen molar-refractivity contribution in [3.63, 3.8) is 0 Å². The quantitative estimate of drug-likeness (QED) is 0.849. The van der Waals surface area contributed by atoms with Crippen LogP contribution in [0.3, 0.4) is 0 Å². The van der Waals surface area contributed by atoms with E-state index in [1.165, 1.54) is 38.5 Å². The van der Waals surface area contributed by atoms with Gasteiger partial charge in [-0.25, -0.2) is 0 Å². The monoisotopic (exact) mass is 347 g/mol. The Kier molecular flexibility index (Phi) is 5.03. The van der Waals surface area contributed by atoms with Crippen molar-refractivity contribution in [2.75, 3.05) is 26.2 Å². The largest absolute Gasteiger partial charge is 0.341 e. The van der Waals surface area contributed by atoms with Crippen molar-refractivity contribution in [3.05, 3.63) is 0 Å². The highest BCUT2D eigenvalue weighted by Gasteiger charge is 2.50. The van der Waals surface area contributed by atoms with Crippen LogP contribution in [0, 0.1) is 23.7 Å². The number of carbonyl (C=O) groups is 2. The minimum Gasteiger partial charge on any atom is -0.341 e. The number of amides is 2. The van der Waals surface area contributed by atoms with Crippen LogP contribution in [0.4, 0.5) is 0 Å². The lowest BCUT2D eigenvalue weighted by molar-refractivity contribution is -0.138. The Labute approximate surface area is 151 Å². The number of hydrogen-bond donors (Lipinski definition) is 1. The van der Waals surface area contributed by atoms with Gasteiger partial charge in [0.1, 0.15) is 0 Å². The van der Waals surface area contributed by atoms with Gasteiger partial charge in [0.25, 0.3) is 0 Å². The zero-order chi connectivity index (χ0) is 17.4. The number of rotatable bonds is 3. The van der Waals surface area contributed by atoms with E-state index >= 15 is 0 Å². The molecule has 2 bridgehead atoms. The van der Waals surface area contributed by atoms with Gasteiger partial charge in [-0.1, -0.05) is 12.8 Å². The molecule has 1 saturated heterocycles. The van der Waals surface area contributed by atoms with E-state index in [0.717, 1.165) is 25.9 Å². The van der Waals surface area contributed by atoms with Crippen LogP contribution in [0.15, 0.2) is 0 Å². The van der Waals surface area contributed by atoms with Crippen molar-refractivity contribution in [1.82, 2.24) is 9.80 Å². The molecule has 5 heteroatoms. The zero-order valence-corrected chi connectivity index (χ0v) is 15.4. The van der Waals surface area contributed by atoms with Crippen molar-refractivity contribution >= 4 is 11.8 Å². The summed E-state index contributed by atoms with van der Waals surface area (Å²) in [6.45, 7) is 2.98. The average molecular weight is 348 g/mol. The topological polar surface area (TPSA) is 66.6 Å². The van der Waals surface area contributed by atoms with E-state index in [9.17, 15) is 9.59 Å². The lowest BCUT2D eigenvalue weighted by Crippen LogP contribution is -2.48. The highest BCUT2D eigenvalue weighted by Crippen LogP contribution is 2.48. The van der Waals surface area contributed by atoms with Gasteiger partial charge in [-0.3, -0.25) is 9.59 Å². The maximum Gasteiger partial charge on any atom is 0.227 e. The van der Waals surface area contributed by atoms with Crippen LogP contribution in [0.1, 0.15) is 57.8 Å². The van der Waals surface area contributed by atoms with Crippen molar-refractivity contribution in [3.8, 4) is 0 Å². The van der Waals surface area contributed by atoms with E-state index in [2.05, 4.69) is 0 Å². The van der Waals surface area contributed by atoms with Gasteiger partial charge < -0.3 is 15.5 Å². The van der Waals surface area contributed by atoms with Crippen LogP contribution < -0.4 is 5.73 Å². The smallest absolute Gasteiger partial charge is 0.227 e. The standard InChI is InChI=1S/C20H33N3O2/c21-19-16-7-6-15(13-16)18(19)20(25)23-9-3-8-22(10-11-23)17(24)12-14-4-1-2-5-14/h14-16,18-19H,1-13,21H2. The van der Waals surface area contributed by atoms with Crippen molar-refractivity contribution in [2.24, 2.45) is 29.4 Å². The van der Waals surface area contributed by atoms with E-state index < -0.39 is 0 Å². The molecular formula is C20H33N3O2. The van der Waals surface area contributed by atoms with E-state index in [0.29, 0.717) is 43.2 Å². The number of hydrogen-bond acceptors (Lipinski definition) is 3. The zero-order valence-electron chi connectivity index (χ0n) is 15.4. The third-order valence-corrected chi connectivity index (χ3v) is 7.36. The molecule has 4 aliphatic rings. The van der Waals surface area contributed by atoms with E-state index in [1.54, 1.807) is 0 Å². The Balaban J connectivity index is 1.31. The Morgan fingerprint density at radius 1 is 0.840 bits per heavy atom. The summed E-state index contributed by atoms with van der Waals surface area (Å²) >= 11 is 0. The fraction of sp³-hybridized carbons (Fsp3) is 0.900. The first-order valence-electron chi connectivity index (χ1n) is 10.5. The van der Waals surface area contributed by atoms with Crippen LogP contribution in [0.25, 0.3) is 0 Å². The molecule has 0 spiro atoms. The van der Waals surface area contributed by atoms with Gasteiger partial charge in [0.05, 0.1) is 5.92 Å². The number of nitrogens with zero attached hydrogens (tertiary/aromatic N) is 2. The molecule has 3 aliphatic carbocycles. The Hall–Kier alpha value is -1.10. The van der Waals surface area contributed by atoms with Crippen LogP contribution in [-0.2, 0) is 9.59 Å². The second-order valence-electron chi connectivity index (χ2n) is 8.85. The van der Waals surface area contributed by atoms with Crippen LogP contribution >= 0.6 is 0 Å². The molecule has 4 fully saturated rings. The maximum atomic E-state index is 13.1. The molecule has 3 saturated carbocycles. The third-order valence-electron chi connectivity index (χ3n) is 7.36. The average Bonchev–Trinajstić information content (AvgIpc) is 3.29. The molecule has 4 unspecified atom stereocenters. The van der Waals surface area contributed by atoms with Gasteiger partial charge in [-0.2, -0.15) is 0 Å². The van der Waals surface area contributed by atoms with Gasteiger partial charge in [-0.15, -0.1) is 0 Å². The summed E-state index contributed by atoms with van der Waals surface area (Å²) in [6.07, 6.45) is 10.1. The highest BCUT2D eigenvalue weighted by atomic mass is 16.2. The molecule has 0 aromatic heterocycles. The predicted octanol–water partition coefficient (Wildman–Crippen LogP) is 2.00. The first kappa shape index (κ1) is 17.3. The van der Waals surface area contributed by atoms with Crippen LogP contribution in [0.2, 0.25) is 0 Å². The first-order valence-corrected chi connectivity index (χ1v) is 10.5. The summed E-state index contributed by atoms with van der Waals surface area (Å²) in [6, 6.07) is 0.0644. The van der Waals surface area contributed by atoms with Crippen molar-refractivity contribution in [2.45, 2.75) is 63.8 Å². The SMILES string of the molecule is NC1C2CCC(C2)C1C(=O)N1CCCN(C(=O)CC2CCCC2)CC1. The molecule has 1 aliphatic heterocycles. The van der Waals surface area contributed by atoms with Crippen molar-refractivity contribution in [1.29, 1.82) is 0 Å². The molecule has 25 heavy (non-hydrogen) atoms. The van der Waals surface area contributed by atoms with E-state index in [-0.39, 0.29) is 17.9 Å². The van der Waals surface area contributed by atoms with Gasteiger partial charge in [0, 0.05) is 38.6 Å². The second-order valence-corrected chi connectivity index (χ2v) is 8.85. The predicted molar refractivity (Wildman–Crippen MR) is 96.6 cm³/mol. The Morgan fingerprint density at radius 3 is 2.24 bits per heavy atom. The maximum absolute atomic E-state index is 13.1. The van der Waals surface area contributed by atoms with Crippen LogP contribution in [-0.4, -0.2) is 53.8 Å². The first-order chi connectivity index (χ1) is 12.1. The Bertz CT molecular complexity index is 515. The van der Waals surface area contributed by atoms with Gasteiger partial charge in [0.15, 0.2) is 0 Å². The molecular weight excluding hydrogens is 314 g/mol. The summed E-state index contributed by atoms with van der Waals surface area (Å²) < 4.78 is 0. The summed E-state index contributed by atoms with van der Waals surface area (Å²) in [5.74, 6) is 2.29. The normalized spacial score (nSPS) is 36.0. The van der Waals surface area contributed by atoms with E-state index in [4.69, 9.17) is 5.73 Å². The number of fused-ring (bicyclic) bond motifs is 2. The van der Waals surface area contributed by atoms with Crippen LogP contribution in [0.5, 0.6) is 0 Å². The fourth-order valence-electron chi connectivity index (χ4n) is 5.89. The highest BCUT2D eigenvalue weighted by molar-refractivity contribution is 5.81. The van der Waals surface area contributed by atoms with Gasteiger partial charge >= 0.3 is 0 Å². The molecule has 0 aromatic rings. The third kappa shape index (κ3) is 3.44. The molecule has 0 aromatic carbocycles. The molecule has 0 radical (unpaired) electrons. The molecule has 1 heterocycles. The summed E-state index contributed by atoms with van der Waals surface area (Å²) in [7, 11) is 0. The van der Waals surface area contributed by atoms with Gasteiger partial charge in [-0.05, 0) is 56.3 Å². The summed E-state index contributed by atoms with van der Waals surface area (Å²) in [5, 5.41) is 0. The molecule has 140 valence electrons. The van der Waals surface area contributed by atoms with Gasteiger partial charge in [0.2, 0.25) is 11.8 Å². The minimum atomic E-state index is 0.0412. The summed E-state index contributed by atoms with van der Waals surface area (Å²) in [4.78, 5) is 29.7. The minimum absolute atomic E-state index is 0.0412. The summed E-state index contributed by atoms with van der Waals surface area (Å²) in [5.41, 5.74) is 6.37. The molecule has 2 N–H and O–H groups in total. The molecule has 5 nitrogen and oxygen atoms in total. The lowest BCUT2D eigenvalue weighted by Gasteiger charge is -2.32. The second kappa shape index (κ2) is 7.26. The Morgan fingerprint density at radius 2 is 1.52 bits per heavy atom. The molecule has 2 amide bonds. The molecule has 4 atom stereocenters. The number of carbonyl (C=O) groups excluding carboxylic acids is 2.